The number of nitrogens with one attached hydrogen (secondary N) is 1. The quantitative estimate of drug-likeness (QED) is 0.612. The Bertz CT molecular complexity index is 938. The summed E-state index contributed by atoms with van der Waals surface area (Å²) < 4.78 is 63.1. The lowest BCUT2D eigenvalue weighted by Gasteiger charge is -2.23. The normalized spacial score (nSPS) is 20.3. The maximum Gasteiger partial charge on any atom is 0.391 e. The molecule has 2 heterocycles. The maximum absolute atomic E-state index is 13.0. The molecule has 1 saturated heterocycles. The van der Waals surface area contributed by atoms with Crippen LogP contribution in [0.15, 0.2) is 47.8 Å². The van der Waals surface area contributed by atoms with E-state index < -0.39 is 29.1 Å². The number of rotatable bonds is 5. The summed E-state index contributed by atoms with van der Waals surface area (Å²) >= 11 is 0. The SMILES string of the molecule is FC(F)(F)C1CCCCC1.O=C(NCc1ccncn1)C1CCCN1S(=O)c1ccc(F)cc1. The third-order valence-electron chi connectivity index (χ3n) is 5.89. The van der Waals surface area contributed by atoms with Gasteiger partial charge in [0.05, 0.1) is 23.1 Å². The van der Waals surface area contributed by atoms with Crippen LogP contribution in [0.2, 0.25) is 0 Å². The Kier molecular flexibility index (Phi) is 9.52. The van der Waals surface area contributed by atoms with Crippen LogP contribution >= 0.6 is 0 Å². The van der Waals surface area contributed by atoms with E-state index in [2.05, 4.69) is 15.3 Å². The number of carbonyl (C=O) groups excluding carboxylic acids is 1. The van der Waals surface area contributed by atoms with Crippen LogP contribution < -0.4 is 5.32 Å². The van der Waals surface area contributed by atoms with Gasteiger partial charge in [0.15, 0.2) is 0 Å². The second kappa shape index (κ2) is 12.3. The van der Waals surface area contributed by atoms with Crippen LogP contribution in [0.25, 0.3) is 0 Å². The Morgan fingerprint density at radius 2 is 1.76 bits per heavy atom. The minimum Gasteiger partial charge on any atom is -0.349 e. The molecule has 2 fully saturated rings. The van der Waals surface area contributed by atoms with Crippen LogP contribution in [-0.4, -0.2) is 43.2 Å². The zero-order valence-corrected chi connectivity index (χ0v) is 19.5. The molecule has 4 rings (SSSR count). The number of alkyl halides is 3. The van der Waals surface area contributed by atoms with Crippen molar-refractivity contribution in [3.63, 3.8) is 0 Å². The lowest BCUT2D eigenvalue weighted by atomic mass is 9.89. The molecular weight excluding hydrogens is 472 g/mol. The van der Waals surface area contributed by atoms with E-state index in [9.17, 15) is 26.6 Å². The highest BCUT2D eigenvalue weighted by Gasteiger charge is 2.39. The zero-order chi connectivity index (χ0) is 24.6. The number of carbonyl (C=O) groups is 1. The lowest BCUT2D eigenvalue weighted by Crippen LogP contribution is -2.43. The van der Waals surface area contributed by atoms with E-state index in [1.165, 1.54) is 30.6 Å². The molecule has 0 radical (unpaired) electrons. The molecule has 2 atom stereocenters. The topological polar surface area (TPSA) is 75.2 Å². The highest BCUT2D eigenvalue weighted by Crippen LogP contribution is 2.37. The molecule has 11 heteroatoms. The van der Waals surface area contributed by atoms with Crippen molar-refractivity contribution in [2.75, 3.05) is 6.54 Å². The molecule has 2 aliphatic rings. The van der Waals surface area contributed by atoms with Crippen molar-refractivity contribution in [2.24, 2.45) is 5.92 Å². The van der Waals surface area contributed by atoms with Gasteiger partial charge >= 0.3 is 6.18 Å². The summed E-state index contributed by atoms with van der Waals surface area (Å²) in [6, 6.07) is 6.78. The van der Waals surface area contributed by atoms with Gasteiger partial charge in [0.2, 0.25) is 5.91 Å². The Labute approximate surface area is 198 Å². The lowest BCUT2D eigenvalue weighted by molar-refractivity contribution is -0.181. The minimum absolute atomic E-state index is 0.179. The van der Waals surface area contributed by atoms with Gasteiger partial charge in [0, 0.05) is 12.7 Å². The van der Waals surface area contributed by atoms with Crippen LogP contribution in [0.5, 0.6) is 0 Å². The van der Waals surface area contributed by atoms with Crippen molar-refractivity contribution in [2.45, 2.75) is 68.6 Å². The number of nitrogens with zero attached hydrogens (tertiary/aromatic N) is 3. The molecule has 2 unspecified atom stereocenters. The number of hydrogen-bond donors (Lipinski definition) is 1. The third-order valence-corrected chi connectivity index (χ3v) is 7.43. The van der Waals surface area contributed by atoms with E-state index in [4.69, 9.17) is 0 Å². The Balaban J connectivity index is 0.000000271. The number of amides is 1. The average molecular weight is 501 g/mol. The van der Waals surface area contributed by atoms with Gasteiger partial charge in [-0.3, -0.25) is 4.79 Å². The maximum atomic E-state index is 13.0. The Hall–Kier alpha value is -2.40. The van der Waals surface area contributed by atoms with E-state index in [1.54, 1.807) is 16.6 Å². The number of hydrogen-bond acceptors (Lipinski definition) is 4. The van der Waals surface area contributed by atoms with Gasteiger partial charge in [-0.1, -0.05) is 19.3 Å². The number of benzene rings is 1. The average Bonchev–Trinajstić information content (AvgIpc) is 3.34. The van der Waals surface area contributed by atoms with Crippen LogP contribution in [-0.2, 0) is 22.3 Å². The van der Waals surface area contributed by atoms with Crippen LogP contribution in [0.4, 0.5) is 17.6 Å². The second-order valence-electron chi connectivity index (χ2n) is 8.30. The summed E-state index contributed by atoms with van der Waals surface area (Å²) in [6.45, 7) is 0.866. The summed E-state index contributed by atoms with van der Waals surface area (Å²) in [5.41, 5.74) is 0.711. The molecule has 0 spiro atoms. The summed E-state index contributed by atoms with van der Waals surface area (Å²) in [5, 5.41) is 2.82. The Morgan fingerprint density at radius 3 is 2.35 bits per heavy atom. The van der Waals surface area contributed by atoms with Gasteiger partial charge in [0.1, 0.15) is 29.2 Å². The van der Waals surface area contributed by atoms with Crippen molar-refractivity contribution >= 4 is 16.9 Å². The van der Waals surface area contributed by atoms with Crippen LogP contribution in [0.1, 0.15) is 50.6 Å². The van der Waals surface area contributed by atoms with Crippen molar-refractivity contribution in [3.8, 4) is 0 Å². The predicted molar refractivity (Wildman–Crippen MR) is 119 cm³/mol. The summed E-state index contributed by atoms with van der Waals surface area (Å²) in [6.07, 6.45) is 3.72. The molecule has 2 aromatic rings. The van der Waals surface area contributed by atoms with Crippen molar-refractivity contribution < 1.29 is 26.6 Å². The molecule has 1 aliphatic carbocycles. The molecule has 0 bridgehead atoms. The van der Waals surface area contributed by atoms with E-state index in [0.29, 0.717) is 42.9 Å². The van der Waals surface area contributed by atoms with Gasteiger partial charge in [0.25, 0.3) is 0 Å². The van der Waals surface area contributed by atoms with E-state index in [-0.39, 0.29) is 11.7 Å². The second-order valence-corrected chi connectivity index (χ2v) is 9.74. The van der Waals surface area contributed by atoms with Crippen molar-refractivity contribution in [3.05, 3.63) is 54.4 Å². The van der Waals surface area contributed by atoms with E-state index in [1.807, 2.05) is 0 Å². The molecule has 1 aliphatic heterocycles. The smallest absolute Gasteiger partial charge is 0.349 e. The van der Waals surface area contributed by atoms with Crippen LogP contribution in [0, 0.1) is 11.7 Å². The zero-order valence-electron chi connectivity index (χ0n) is 18.6. The monoisotopic (exact) mass is 500 g/mol. The van der Waals surface area contributed by atoms with Gasteiger partial charge in [-0.25, -0.2) is 22.9 Å². The number of halogens is 4. The molecule has 186 valence electrons. The first-order valence-corrected chi connectivity index (χ1v) is 12.4. The molecule has 6 nitrogen and oxygen atoms in total. The molecule has 1 saturated carbocycles. The molecule has 1 aromatic heterocycles. The standard InChI is InChI=1S/C16H17FN4O2S.C7H11F3/c17-12-3-5-14(6-4-12)24(23)21-9-1-2-15(21)16(22)19-10-13-7-8-18-11-20-13;8-7(9,10)6-4-2-1-3-5-6/h3-8,11,15H,1-2,9-10H2,(H,19,22);6H,1-5H2. The molecular formula is C23H28F4N4O2S. The van der Waals surface area contributed by atoms with E-state index in [0.717, 1.165) is 25.7 Å². The summed E-state index contributed by atoms with van der Waals surface area (Å²) in [4.78, 5) is 20.8. The van der Waals surface area contributed by atoms with Gasteiger partial charge in [-0.15, -0.1) is 0 Å². The first-order chi connectivity index (χ1) is 16.3. The molecule has 1 N–H and O–H groups in total. The predicted octanol–water partition coefficient (Wildman–Crippen LogP) is 4.55. The minimum atomic E-state index is -3.93. The molecule has 1 aromatic carbocycles. The first kappa shape index (κ1) is 26.2. The molecule has 34 heavy (non-hydrogen) atoms. The van der Waals surface area contributed by atoms with E-state index >= 15 is 0 Å². The van der Waals surface area contributed by atoms with Gasteiger partial charge < -0.3 is 5.32 Å². The Morgan fingerprint density at radius 1 is 1.06 bits per heavy atom. The first-order valence-electron chi connectivity index (χ1n) is 11.3. The number of aromatic nitrogens is 2. The highest BCUT2D eigenvalue weighted by molar-refractivity contribution is 7.82. The van der Waals surface area contributed by atoms with Gasteiger partial charge in [-0.2, -0.15) is 13.2 Å². The fraction of sp³-hybridized carbons (Fsp3) is 0.522. The summed E-state index contributed by atoms with van der Waals surface area (Å²) in [7, 11) is -1.49. The third kappa shape index (κ3) is 7.56. The fourth-order valence-corrected chi connectivity index (χ4v) is 5.40. The van der Waals surface area contributed by atoms with Gasteiger partial charge in [-0.05, 0) is 56.0 Å². The molecule has 1 amide bonds. The largest absolute Gasteiger partial charge is 0.391 e. The highest BCUT2D eigenvalue weighted by atomic mass is 32.2. The van der Waals surface area contributed by atoms with Crippen molar-refractivity contribution in [1.29, 1.82) is 0 Å². The fourth-order valence-electron chi connectivity index (χ4n) is 4.04. The summed E-state index contributed by atoms with van der Waals surface area (Å²) in [5.74, 6) is -1.56. The van der Waals surface area contributed by atoms with Crippen LogP contribution in [0.3, 0.4) is 0 Å². The van der Waals surface area contributed by atoms with Crippen molar-refractivity contribution in [1.82, 2.24) is 19.6 Å².